The number of aromatic nitrogens is 1. The molecular weight excluding hydrogens is 332 g/mol. The van der Waals surface area contributed by atoms with Gasteiger partial charge in [0, 0.05) is 34.0 Å². The van der Waals surface area contributed by atoms with Gasteiger partial charge in [-0.3, -0.25) is 4.79 Å². The number of thioether (sulfide) groups is 1. The molecule has 0 radical (unpaired) electrons. The fourth-order valence-corrected chi connectivity index (χ4v) is 4.23. The maximum absolute atomic E-state index is 13.2. The highest BCUT2D eigenvalue weighted by Gasteiger charge is 2.30. The van der Waals surface area contributed by atoms with E-state index in [9.17, 15) is 4.79 Å². The van der Waals surface area contributed by atoms with Gasteiger partial charge in [-0.1, -0.05) is 35.5 Å². The van der Waals surface area contributed by atoms with E-state index < -0.39 is 0 Å². The fourth-order valence-electron chi connectivity index (χ4n) is 3.17. The average molecular weight is 350 g/mol. The highest BCUT2D eigenvalue weighted by Crippen LogP contribution is 2.42. The third-order valence-electron chi connectivity index (χ3n) is 4.46. The van der Waals surface area contributed by atoms with Crippen molar-refractivity contribution in [2.45, 2.75) is 24.5 Å². The molecule has 2 heterocycles. The van der Waals surface area contributed by atoms with Crippen LogP contribution >= 0.6 is 11.8 Å². The molecule has 4 nitrogen and oxygen atoms in total. The Hall–Kier alpha value is -2.53. The molecule has 0 aliphatic carbocycles. The largest absolute Gasteiger partial charge is 0.355 e. The summed E-state index contributed by atoms with van der Waals surface area (Å²) in [6.07, 6.45) is 0. The van der Waals surface area contributed by atoms with E-state index in [-0.39, 0.29) is 5.91 Å². The highest BCUT2D eigenvalue weighted by atomic mass is 32.2. The number of amides is 1. The Kier molecular flexibility index (Phi) is 4.09. The second-order valence-electron chi connectivity index (χ2n) is 5.96. The van der Waals surface area contributed by atoms with Gasteiger partial charge in [0.1, 0.15) is 0 Å². The Bertz CT molecular complexity index is 948. The van der Waals surface area contributed by atoms with E-state index in [1.54, 1.807) is 16.7 Å². The van der Waals surface area contributed by atoms with Crippen molar-refractivity contribution in [3.05, 3.63) is 65.4 Å². The van der Waals surface area contributed by atoms with Crippen LogP contribution in [0.5, 0.6) is 0 Å². The van der Waals surface area contributed by atoms with Gasteiger partial charge in [-0.05, 0) is 37.6 Å². The number of hydrogen-bond donors (Lipinski definition) is 0. The molecule has 25 heavy (non-hydrogen) atoms. The van der Waals surface area contributed by atoms with Crippen LogP contribution in [-0.2, 0) is 5.75 Å². The van der Waals surface area contributed by atoms with Gasteiger partial charge in [0.2, 0.25) is 0 Å². The maximum atomic E-state index is 13.2. The summed E-state index contributed by atoms with van der Waals surface area (Å²) in [5.41, 5.74) is 4.30. The third kappa shape index (κ3) is 2.65. The van der Waals surface area contributed by atoms with E-state index in [2.05, 4.69) is 11.2 Å². The average Bonchev–Trinajstić information content (AvgIpc) is 3.08. The van der Waals surface area contributed by atoms with Crippen molar-refractivity contribution in [1.29, 1.82) is 0 Å². The molecule has 0 unspecified atom stereocenters. The predicted octanol–water partition coefficient (Wildman–Crippen LogP) is 4.92. The number of rotatable bonds is 3. The Morgan fingerprint density at radius 2 is 1.96 bits per heavy atom. The minimum atomic E-state index is -0.109. The van der Waals surface area contributed by atoms with Crippen LogP contribution in [-0.4, -0.2) is 17.6 Å². The maximum Gasteiger partial charge on any atom is 0.280 e. The number of nitrogens with zero attached hydrogens (tertiary/aromatic N) is 2. The van der Waals surface area contributed by atoms with Crippen molar-refractivity contribution in [3.63, 3.8) is 0 Å². The molecule has 0 spiro atoms. The SMILES string of the molecule is CCN(C(=O)c1noc2c1CSc1ccccc1-2)c1ccccc1C. The van der Waals surface area contributed by atoms with Crippen molar-refractivity contribution in [1.82, 2.24) is 5.16 Å². The summed E-state index contributed by atoms with van der Waals surface area (Å²) >= 11 is 1.72. The van der Waals surface area contributed by atoms with E-state index >= 15 is 0 Å². The quantitative estimate of drug-likeness (QED) is 0.672. The summed E-state index contributed by atoms with van der Waals surface area (Å²) in [7, 11) is 0. The second kappa shape index (κ2) is 6.41. The van der Waals surface area contributed by atoms with E-state index in [0.717, 1.165) is 33.0 Å². The number of benzene rings is 2. The van der Waals surface area contributed by atoms with Crippen LogP contribution in [0.2, 0.25) is 0 Å². The molecule has 0 saturated carbocycles. The minimum absolute atomic E-state index is 0.109. The first-order valence-corrected chi connectivity index (χ1v) is 9.27. The van der Waals surface area contributed by atoms with Crippen LogP contribution in [0.25, 0.3) is 11.3 Å². The molecule has 1 aromatic heterocycles. The van der Waals surface area contributed by atoms with Gasteiger partial charge in [-0.25, -0.2) is 0 Å². The van der Waals surface area contributed by atoms with Crippen molar-refractivity contribution in [2.75, 3.05) is 11.4 Å². The zero-order valence-corrected chi connectivity index (χ0v) is 15.0. The lowest BCUT2D eigenvalue weighted by Gasteiger charge is -2.22. The number of carbonyl (C=O) groups excluding carboxylic acids is 1. The molecule has 0 bridgehead atoms. The Morgan fingerprint density at radius 3 is 2.76 bits per heavy atom. The second-order valence-corrected chi connectivity index (χ2v) is 6.98. The number of carbonyl (C=O) groups is 1. The van der Waals surface area contributed by atoms with Gasteiger partial charge in [0.15, 0.2) is 11.5 Å². The Morgan fingerprint density at radius 1 is 1.20 bits per heavy atom. The summed E-state index contributed by atoms with van der Waals surface area (Å²) in [5.74, 6) is 1.31. The van der Waals surface area contributed by atoms with Gasteiger partial charge < -0.3 is 9.42 Å². The summed E-state index contributed by atoms with van der Waals surface area (Å²) in [6.45, 7) is 4.56. The zero-order chi connectivity index (χ0) is 17.4. The van der Waals surface area contributed by atoms with E-state index in [4.69, 9.17) is 4.52 Å². The van der Waals surface area contributed by atoms with Gasteiger partial charge in [0.05, 0.1) is 0 Å². The van der Waals surface area contributed by atoms with Crippen LogP contribution in [0, 0.1) is 6.92 Å². The lowest BCUT2D eigenvalue weighted by Crippen LogP contribution is -2.32. The van der Waals surface area contributed by atoms with Gasteiger partial charge in [0.25, 0.3) is 5.91 Å². The zero-order valence-electron chi connectivity index (χ0n) is 14.2. The van der Waals surface area contributed by atoms with E-state index in [1.165, 1.54) is 0 Å². The van der Waals surface area contributed by atoms with Gasteiger partial charge in [-0.15, -0.1) is 11.8 Å². The summed E-state index contributed by atoms with van der Waals surface area (Å²) in [5, 5.41) is 4.14. The molecule has 4 rings (SSSR count). The lowest BCUT2D eigenvalue weighted by atomic mass is 10.1. The van der Waals surface area contributed by atoms with Crippen LogP contribution in [0.1, 0.15) is 28.5 Å². The van der Waals surface area contributed by atoms with Crippen molar-refractivity contribution in [2.24, 2.45) is 0 Å². The number of aryl methyl sites for hydroxylation is 1. The first kappa shape index (κ1) is 16.0. The van der Waals surface area contributed by atoms with E-state index in [1.807, 2.05) is 56.3 Å². The Balaban J connectivity index is 1.75. The molecule has 0 N–H and O–H groups in total. The smallest absolute Gasteiger partial charge is 0.280 e. The van der Waals surface area contributed by atoms with Crippen LogP contribution in [0.15, 0.2) is 57.9 Å². The molecule has 0 saturated heterocycles. The number of fused-ring (bicyclic) bond motifs is 3. The first-order chi connectivity index (χ1) is 12.2. The van der Waals surface area contributed by atoms with Crippen molar-refractivity contribution >= 4 is 23.4 Å². The summed E-state index contributed by atoms with van der Waals surface area (Å²) < 4.78 is 5.58. The molecule has 5 heteroatoms. The molecule has 0 atom stereocenters. The first-order valence-electron chi connectivity index (χ1n) is 8.29. The molecule has 1 aliphatic heterocycles. The van der Waals surface area contributed by atoms with E-state index in [0.29, 0.717) is 18.0 Å². The standard InChI is InChI=1S/C20H18N2O2S/c1-3-22(16-10-6-4-8-13(16)2)20(23)18-15-12-25-17-11-7-5-9-14(17)19(15)24-21-18/h4-11H,3,12H2,1-2H3. The normalized spacial score (nSPS) is 12.4. The van der Waals surface area contributed by atoms with Crippen LogP contribution < -0.4 is 4.90 Å². The fraction of sp³-hybridized carbons (Fsp3) is 0.200. The number of hydrogen-bond acceptors (Lipinski definition) is 4. The predicted molar refractivity (Wildman–Crippen MR) is 100 cm³/mol. The van der Waals surface area contributed by atoms with Gasteiger partial charge in [-0.2, -0.15) is 0 Å². The van der Waals surface area contributed by atoms with Crippen LogP contribution in [0.3, 0.4) is 0 Å². The lowest BCUT2D eigenvalue weighted by molar-refractivity contribution is 0.0979. The van der Waals surface area contributed by atoms with Gasteiger partial charge >= 0.3 is 0 Å². The molecule has 126 valence electrons. The number of para-hydroxylation sites is 1. The molecule has 2 aromatic carbocycles. The number of anilines is 1. The Labute approximate surface area is 150 Å². The van der Waals surface area contributed by atoms with Crippen LogP contribution in [0.4, 0.5) is 5.69 Å². The topological polar surface area (TPSA) is 46.3 Å². The summed E-state index contributed by atoms with van der Waals surface area (Å²) in [6, 6.07) is 16.0. The molecule has 0 fully saturated rings. The third-order valence-corrected chi connectivity index (χ3v) is 5.56. The van der Waals surface area contributed by atoms with Crippen molar-refractivity contribution in [3.8, 4) is 11.3 Å². The summed E-state index contributed by atoms with van der Waals surface area (Å²) in [4.78, 5) is 16.1. The van der Waals surface area contributed by atoms with Crippen molar-refractivity contribution < 1.29 is 9.32 Å². The molecule has 3 aromatic rings. The highest BCUT2D eigenvalue weighted by molar-refractivity contribution is 7.98. The minimum Gasteiger partial charge on any atom is -0.355 e. The monoisotopic (exact) mass is 350 g/mol. The molecular formula is C20H18N2O2S. The molecule has 1 aliphatic rings. The molecule has 1 amide bonds.